The normalized spacial score (nSPS) is 15.9. The molecule has 27 heavy (non-hydrogen) atoms. The topological polar surface area (TPSA) is 51.1 Å². The first-order valence-electron chi connectivity index (χ1n) is 9.59. The van der Waals surface area contributed by atoms with Gasteiger partial charge in [0.25, 0.3) is 0 Å². The number of rotatable bonds is 8. The largest absolute Gasteiger partial charge is 0.469 e. The monoisotopic (exact) mass is 390 g/mol. The van der Waals surface area contributed by atoms with Crippen LogP contribution in [0.15, 0.2) is 23.2 Å². The number of hydrogen-bond donors (Lipinski definition) is 0. The Hall–Kier alpha value is -1.75. The maximum absolute atomic E-state index is 11.6. The standard InChI is InChI=1S/C21H30N2O3S/c1-15(2)13-23(18-7-9-26-10-8-18)20-6-5-17(12-19(20)22-14-27)16(3)11-21(24)25-4/h5-6,12,15-16,18H,7-11,13H2,1-4H3/t16-/m1/s1. The molecule has 0 saturated carbocycles. The summed E-state index contributed by atoms with van der Waals surface area (Å²) in [5, 5.41) is 2.52. The van der Waals surface area contributed by atoms with Crippen LogP contribution in [0.4, 0.5) is 11.4 Å². The van der Waals surface area contributed by atoms with Crippen molar-refractivity contribution in [2.45, 2.75) is 52.0 Å². The first-order valence-corrected chi connectivity index (χ1v) is 10.00. The second kappa shape index (κ2) is 10.5. The van der Waals surface area contributed by atoms with E-state index in [1.807, 2.05) is 13.0 Å². The average molecular weight is 391 g/mol. The molecular formula is C21H30N2O3S. The van der Waals surface area contributed by atoms with Gasteiger partial charge in [-0.15, -0.1) is 0 Å². The lowest BCUT2D eigenvalue weighted by molar-refractivity contribution is -0.140. The second-order valence-corrected chi connectivity index (χ2v) is 7.70. The van der Waals surface area contributed by atoms with Crippen LogP contribution in [0.2, 0.25) is 0 Å². The van der Waals surface area contributed by atoms with Gasteiger partial charge in [-0.3, -0.25) is 4.79 Å². The summed E-state index contributed by atoms with van der Waals surface area (Å²) in [6.07, 6.45) is 2.36. The van der Waals surface area contributed by atoms with Gasteiger partial charge in [-0.05, 0) is 54.6 Å². The Morgan fingerprint density at radius 3 is 2.67 bits per heavy atom. The molecule has 1 aliphatic rings. The van der Waals surface area contributed by atoms with E-state index in [4.69, 9.17) is 21.7 Å². The Morgan fingerprint density at radius 1 is 1.37 bits per heavy atom. The van der Waals surface area contributed by atoms with Crippen LogP contribution in [0, 0.1) is 5.92 Å². The number of benzene rings is 1. The fourth-order valence-electron chi connectivity index (χ4n) is 3.51. The van der Waals surface area contributed by atoms with Crippen molar-refractivity contribution < 1.29 is 14.3 Å². The Bertz CT molecular complexity index is 680. The third-order valence-corrected chi connectivity index (χ3v) is 5.03. The lowest BCUT2D eigenvalue weighted by atomic mass is 9.96. The molecule has 0 aromatic heterocycles. The summed E-state index contributed by atoms with van der Waals surface area (Å²) < 4.78 is 10.3. The molecule has 5 nitrogen and oxygen atoms in total. The number of carbonyl (C=O) groups is 1. The summed E-state index contributed by atoms with van der Waals surface area (Å²) in [5.74, 6) is 0.359. The number of aliphatic imine (C=N–C) groups is 1. The van der Waals surface area contributed by atoms with E-state index in [0.29, 0.717) is 18.4 Å². The number of anilines is 1. The average Bonchev–Trinajstić information content (AvgIpc) is 2.67. The molecule has 0 unspecified atom stereocenters. The van der Waals surface area contributed by atoms with Gasteiger partial charge in [0.05, 0.1) is 30.1 Å². The predicted octanol–water partition coefficient (Wildman–Crippen LogP) is 4.73. The molecule has 0 N–H and O–H groups in total. The van der Waals surface area contributed by atoms with E-state index >= 15 is 0 Å². The summed E-state index contributed by atoms with van der Waals surface area (Å²) >= 11 is 4.89. The van der Waals surface area contributed by atoms with Crippen molar-refractivity contribution in [1.29, 1.82) is 0 Å². The quantitative estimate of drug-likeness (QED) is 0.365. The molecule has 1 fully saturated rings. The van der Waals surface area contributed by atoms with Gasteiger partial charge < -0.3 is 14.4 Å². The van der Waals surface area contributed by atoms with Crippen molar-refractivity contribution in [3.05, 3.63) is 23.8 Å². The number of carbonyl (C=O) groups excluding carboxylic acids is 1. The number of ether oxygens (including phenoxy) is 2. The lowest BCUT2D eigenvalue weighted by Crippen LogP contribution is -2.41. The highest BCUT2D eigenvalue weighted by Crippen LogP contribution is 2.36. The van der Waals surface area contributed by atoms with Crippen LogP contribution in [-0.2, 0) is 14.3 Å². The van der Waals surface area contributed by atoms with E-state index in [9.17, 15) is 4.79 Å². The van der Waals surface area contributed by atoms with Gasteiger partial charge in [0.1, 0.15) is 0 Å². The summed E-state index contributed by atoms with van der Waals surface area (Å²) in [4.78, 5) is 18.4. The number of isothiocyanates is 1. The van der Waals surface area contributed by atoms with Crippen LogP contribution >= 0.6 is 12.2 Å². The smallest absolute Gasteiger partial charge is 0.306 e. The second-order valence-electron chi connectivity index (χ2n) is 7.52. The molecule has 1 heterocycles. The third-order valence-electron chi connectivity index (χ3n) is 4.94. The van der Waals surface area contributed by atoms with Crippen molar-refractivity contribution >= 4 is 34.7 Å². The lowest BCUT2D eigenvalue weighted by Gasteiger charge is -2.38. The van der Waals surface area contributed by atoms with Crippen molar-refractivity contribution in [3.8, 4) is 0 Å². The molecule has 1 atom stereocenters. The van der Waals surface area contributed by atoms with Gasteiger partial charge in [-0.2, -0.15) is 4.99 Å². The van der Waals surface area contributed by atoms with E-state index in [2.05, 4.69) is 41.0 Å². The summed E-state index contributed by atoms with van der Waals surface area (Å²) in [7, 11) is 1.41. The Morgan fingerprint density at radius 2 is 2.07 bits per heavy atom. The van der Waals surface area contributed by atoms with Gasteiger partial charge in [0.2, 0.25) is 0 Å². The molecular weight excluding hydrogens is 360 g/mol. The van der Waals surface area contributed by atoms with Gasteiger partial charge in [-0.25, -0.2) is 0 Å². The van der Waals surface area contributed by atoms with Gasteiger partial charge in [-0.1, -0.05) is 26.8 Å². The molecule has 2 rings (SSSR count). The minimum absolute atomic E-state index is 0.0483. The minimum atomic E-state index is -0.213. The molecule has 1 aromatic rings. The first-order chi connectivity index (χ1) is 13.0. The summed E-state index contributed by atoms with van der Waals surface area (Å²) in [6.45, 7) is 8.99. The van der Waals surface area contributed by atoms with E-state index in [0.717, 1.165) is 49.5 Å². The highest BCUT2D eigenvalue weighted by Gasteiger charge is 2.25. The molecule has 0 radical (unpaired) electrons. The third kappa shape index (κ3) is 6.13. The van der Waals surface area contributed by atoms with E-state index < -0.39 is 0 Å². The summed E-state index contributed by atoms with van der Waals surface area (Å²) in [5.41, 5.74) is 2.93. The Labute approximate surface area is 167 Å². The van der Waals surface area contributed by atoms with Crippen LogP contribution < -0.4 is 4.90 Å². The zero-order valence-electron chi connectivity index (χ0n) is 16.7. The number of methoxy groups -OCH3 is 1. The Kier molecular flexibility index (Phi) is 8.42. The van der Waals surface area contributed by atoms with Gasteiger partial charge >= 0.3 is 5.97 Å². The number of esters is 1. The van der Waals surface area contributed by atoms with E-state index in [1.54, 1.807) is 0 Å². The van der Waals surface area contributed by atoms with Crippen LogP contribution in [0.5, 0.6) is 0 Å². The van der Waals surface area contributed by atoms with Crippen LogP contribution in [0.1, 0.15) is 51.5 Å². The van der Waals surface area contributed by atoms with Crippen molar-refractivity contribution in [1.82, 2.24) is 0 Å². The fraction of sp³-hybridized carbons (Fsp3) is 0.619. The van der Waals surface area contributed by atoms with Gasteiger partial charge in [0, 0.05) is 25.8 Å². The van der Waals surface area contributed by atoms with Crippen molar-refractivity contribution in [2.24, 2.45) is 10.9 Å². The number of nitrogens with zero attached hydrogens (tertiary/aromatic N) is 2. The number of hydrogen-bond acceptors (Lipinski definition) is 6. The Balaban J connectivity index is 2.36. The number of thiocarbonyl (C=S) groups is 1. The maximum atomic E-state index is 11.6. The van der Waals surface area contributed by atoms with Crippen molar-refractivity contribution in [3.63, 3.8) is 0 Å². The summed E-state index contributed by atoms with van der Waals surface area (Å²) in [6, 6.07) is 6.64. The molecule has 0 spiro atoms. The van der Waals surface area contributed by atoms with Crippen LogP contribution in [-0.4, -0.2) is 44.0 Å². The van der Waals surface area contributed by atoms with E-state index in [-0.39, 0.29) is 11.9 Å². The first kappa shape index (κ1) is 21.5. The molecule has 148 valence electrons. The molecule has 0 aliphatic carbocycles. The highest BCUT2D eigenvalue weighted by molar-refractivity contribution is 7.78. The maximum Gasteiger partial charge on any atom is 0.306 e. The zero-order chi connectivity index (χ0) is 19.8. The SMILES string of the molecule is COC(=O)C[C@@H](C)c1ccc(N(CC(C)C)C2CCOCC2)c(N=C=S)c1. The molecule has 0 amide bonds. The van der Waals surface area contributed by atoms with Crippen molar-refractivity contribution in [2.75, 3.05) is 31.8 Å². The van der Waals surface area contributed by atoms with Gasteiger partial charge in [0.15, 0.2) is 0 Å². The fourth-order valence-corrected chi connectivity index (χ4v) is 3.61. The molecule has 1 aliphatic heterocycles. The highest BCUT2D eigenvalue weighted by atomic mass is 32.1. The molecule has 6 heteroatoms. The van der Waals surface area contributed by atoms with Crippen LogP contribution in [0.3, 0.4) is 0 Å². The van der Waals surface area contributed by atoms with Crippen LogP contribution in [0.25, 0.3) is 0 Å². The van der Waals surface area contributed by atoms with E-state index in [1.165, 1.54) is 7.11 Å². The predicted molar refractivity (Wildman–Crippen MR) is 112 cm³/mol. The molecule has 1 aromatic carbocycles. The molecule has 0 bridgehead atoms. The zero-order valence-corrected chi connectivity index (χ0v) is 17.6. The molecule has 1 saturated heterocycles. The minimum Gasteiger partial charge on any atom is -0.469 e.